The first-order valence-corrected chi connectivity index (χ1v) is 9.45. The van der Waals surface area contributed by atoms with E-state index in [9.17, 15) is 4.79 Å². The van der Waals surface area contributed by atoms with Crippen LogP contribution in [-0.4, -0.2) is 49.0 Å². The summed E-state index contributed by atoms with van der Waals surface area (Å²) in [5, 5.41) is 0. The monoisotopic (exact) mass is 343 g/mol. The standard InChI is InChI=1S/C20H25NO4/c1-3-24-18(22)21-10-9-19-8-4-5-17-20(19,25-17)16(21)11-13-6-7-14(23-2)12-15(13)19/h6-7,12,16-17H,3-5,8-11H2,1-2H3/t16-,17?,19+,20+/m1/s1. The minimum Gasteiger partial charge on any atom is -0.497 e. The van der Waals surface area contributed by atoms with Crippen molar-refractivity contribution < 1.29 is 19.0 Å². The van der Waals surface area contributed by atoms with Crippen molar-refractivity contribution >= 4 is 6.09 Å². The summed E-state index contributed by atoms with van der Waals surface area (Å²) >= 11 is 0. The highest BCUT2D eigenvalue weighted by atomic mass is 16.6. The molecule has 0 aromatic heterocycles. The minimum atomic E-state index is -0.213. The summed E-state index contributed by atoms with van der Waals surface area (Å²) in [5.74, 6) is 0.914. The first-order valence-electron chi connectivity index (χ1n) is 9.45. The molecule has 4 atom stereocenters. The maximum absolute atomic E-state index is 12.6. The number of likely N-dealkylation sites (tertiary alicyclic amines) is 1. The number of carbonyl (C=O) groups excluding carboxylic acids is 1. The van der Waals surface area contributed by atoms with Gasteiger partial charge in [-0.15, -0.1) is 0 Å². The lowest BCUT2D eigenvalue weighted by molar-refractivity contribution is -0.0183. The molecule has 1 aromatic rings. The topological polar surface area (TPSA) is 51.3 Å². The summed E-state index contributed by atoms with van der Waals surface area (Å²) < 4.78 is 17.3. The van der Waals surface area contributed by atoms with Crippen molar-refractivity contribution in [3.63, 3.8) is 0 Å². The van der Waals surface area contributed by atoms with Crippen molar-refractivity contribution in [1.29, 1.82) is 0 Å². The third-order valence-corrected chi connectivity index (χ3v) is 6.98. The van der Waals surface area contributed by atoms with Gasteiger partial charge >= 0.3 is 6.09 Å². The van der Waals surface area contributed by atoms with E-state index >= 15 is 0 Å². The van der Waals surface area contributed by atoms with Gasteiger partial charge in [-0.2, -0.15) is 0 Å². The van der Waals surface area contributed by atoms with Crippen LogP contribution < -0.4 is 4.74 Å². The third kappa shape index (κ3) is 1.80. The Bertz CT molecular complexity index is 734. The zero-order valence-electron chi connectivity index (χ0n) is 14.9. The van der Waals surface area contributed by atoms with Gasteiger partial charge in [-0.1, -0.05) is 6.07 Å². The van der Waals surface area contributed by atoms with Crippen molar-refractivity contribution in [2.45, 2.75) is 62.2 Å². The first kappa shape index (κ1) is 15.5. The molecule has 3 fully saturated rings. The zero-order chi connectivity index (χ0) is 17.2. The average Bonchev–Trinajstić information content (AvgIpc) is 3.35. The quantitative estimate of drug-likeness (QED) is 0.775. The van der Waals surface area contributed by atoms with E-state index in [1.807, 2.05) is 17.9 Å². The van der Waals surface area contributed by atoms with E-state index in [4.69, 9.17) is 14.2 Å². The van der Waals surface area contributed by atoms with Crippen molar-refractivity contribution in [2.75, 3.05) is 20.3 Å². The van der Waals surface area contributed by atoms with Crippen LogP contribution in [-0.2, 0) is 21.3 Å². The lowest BCUT2D eigenvalue weighted by atomic mass is 9.52. The highest BCUT2D eigenvalue weighted by Crippen LogP contribution is 2.68. The van der Waals surface area contributed by atoms with Gasteiger partial charge in [-0.25, -0.2) is 4.79 Å². The largest absolute Gasteiger partial charge is 0.497 e. The number of amides is 1. The molecule has 134 valence electrons. The normalized spacial score (nSPS) is 37.4. The second-order valence-electron chi connectivity index (χ2n) is 7.76. The van der Waals surface area contributed by atoms with Crippen LogP contribution in [0.4, 0.5) is 4.79 Å². The van der Waals surface area contributed by atoms with Gasteiger partial charge in [0.25, 0.3) is 0 Å². The van der Waals surface area contributed by atoms with E-state index in [-0.39, 0.29) is 29.3 Å². The van der Waals surface area contributed by atoms with E-state index in [0.29, 0.717) is 6.61 Å². The zero-order valence-corrected chi connectivity index (χ0v) is 14.9. The Balaban J connectivity index is 1.64. The Morgan fingerprint density at radius 1 is 1.40 bits per heavy atom. The number of fused-ring (bicyclic) bond motifs is 1. The van der Waals surface area contributed by atoms with Crippen LogP contribution in [0.1, 0.15) is 43.7 Å². The second-order valence-corrected chi connectivity index (χ2v) is 7.76. The summed E-state index contributed by atoms with van der Waals surface area (Å²) in [6.07, 6.45) is 5.31. The Kier molecular flexibility index (Phi) is 3.18. The molecule has 2 aliphatic heterocycles. The number of nitrogens with zero attached hydrogens (tertiary/aromatic N) is 1. The Labute approximate surface area is 148 Å². The van der Waals surface area contributed by atoms with E-state index in [0.717, 1.165) is 38.0 Å². The summed E-state index contributed by atoms with van der Waals surface area (Å²) in [6, 6.07) is 6.52. The molecule has 1 unspecified atom stereocenters. The summed E-state index contributed by atoms with van der Waals surface area (Å²) in [4.78, 5) is 14.5. The fraction of sp³-hybridized carbons (Fsp3) is 0.650. The average molecular weight is 343 g/mol. The number of rotatable bonds is 2. The number of hydrogen-bond donors (Lipinski definition) is 0. The predicted octanol–water partition coefficient (Wildman–Crippen LogP) is 3.04. The number of epoxide rings is 1. The third-order valence-electron chi connectivity index (χ3n) is 6.98. The molecule has 1 saturated carbocycles. The smallest absolute Gasteiger partial charge is 0.410 e. The molecule has 5 rings (SSSR count). The van der Waals surface area contributed by atoms with Crippen LogP contribution in [0.5, 0.6) is 5.75 Å². The molecule has 2 saturated heterocycles. The van der Waals surface area contributed by atoms with Crippen LogP contribution in [0, 0.1) is 0 Å². The maximum atomic E-state index is 12.6. The Hall–Kier alpha value is -1.75. The van der Waals surface area contributed by atoms with Crippen LogP contribution in [0.2, 0.25) is 0 Å². The van der Waals surface area contributed by atoms with E-state index in [1.54, 1.807) is 7.11 Å². The number of carbonyl (C=O) groups is 1. The van der Waals surface area contributed by atoms with Crippen LogP contribution in [0.3, 0.4) is 0 Å². The summed E-state index contributed by atoms with van der Waals surface area (Å²) in [7, 11) is 1.72. The van der Waals surface area contributed by atoms with E-state index < -0.39 is 0 Å². The maximum Gasteiger partial charge on any atom is 0.410 e. The summed E-state index contributed by atoms with van der Waals surface area (Å²) in [6.45, 7) is 3.03. The van der Waals surface area contributed by atoms with Crippen LogP contribution >= 0.6 is 0 Å². The first-order chi connectivity index (χ1) is 12.2. The highest BCUT2D eigenvalue weighted by Gasteiger charge is 2.78. The lowest BCUT2D eigenvalue weighted by Crippen LogP contribution is -2.68. The van der Waals surface area contributed by atoms with Gasteiger partial charge in [-0.3, -0.25) is 0 Å². The molecule has 2 aliphatic carbocycles. The molecule has 1 aromatic carbocycles. The number of methoxy groups -OCH3 is 1. The van der Waals surface area contributed by atoms with Gasteiger partial charge in [0.1, 0.15) is 11.4 Å². The molecule has 0 N–H and O–H groups in total. The lowest BCUT2D eigenvalue weighted by Gasteiger charge is -2.57. The fourth-order valence-electron chi connectivity index (χ4n) is 5.99. The Morgan fingerprint density at radius 2 is 2.28 bits per heavy atom. The molecule has 2 heterocycles. The molecule has 5 heteroatoms. The van der Waals surface area contributed by atoms with Gasteiger partial charge in [-0.05, 0) is 62.3 Å². The molecule has 4 aliphatic rings. The van der Waals surface area contributed by atoms with Crippen molar-refractivity contribution in [2.24, 2.45) is 0 Å². The van der Waals surface area contributed by atoms with E-state index in [2.05, 4.69) is 12.1 Å². The van der Waals surface area contributed by atoms with Gasteiger partial charge in [0.05, 0.1) is 25.9 Å². The molecule has 5 nitrogen and oxygen atoms in total. The van der Waals surface area contributed by atoms with Crippen molar-refractivity contribution in [3.8, 4) is 5.75 Å². The second kappa shape index (κ2) is 5.13. The minimum absolute atomic E-state index is 0.0195. The van der Waals surface area contributed by atoms with Gasteiger partial charge < -0.3 is 19.1 Å². The number of benzene rings is 1. The molecule has 1 spiro atoms. The molecule has 25 heavy (non-hydrogen) atoms. The van der Waals surface area contributed by atoms with Gasteiger partial charge in [0.2, 0.25) is 0 Å². The van der Waals surface area contributed by atoms with Gasteiger partial charge in [0.15, 0.2) is 0 Å². The molecular weight excluding hydrogens is 318 g/mol. The van der Waals surface area contributed by atoms with Gasteiger partial charge in [0, 0.05) is 12.0 Å². The Morgan fingerprint density at radius 3 is 3.08 bits per heavy atom. The molecular formula is C20H25NO4. The number of piperidine rings is 1. The molecule has 2 bridgehead atoms. The van der Waals surface area contributed by atoms with Crippen molar-refractivity contribution in [3.05, 3.63) is 29.3 Å². The highest BCUT2D eigenvalue weighted by molar-refractivity contribution is 5.70. The SMILES string of the molecule is CCOC(=O)N1CC[C@]23CCCC4O[C@@]42[C@H]1Cc1ccc(OC)cc13. The molecule has 1 amide bonds. The number of ether oxygens (including phenoxy) is 3. The molecule has 0 radical (unpaired) electrons. The van der Waals surface area contributed by atoms with Crippen LogP contribution in [0.15, 0.2) is 18.2 Å². The number of hydrogen-bond acceptors (Lipinski definition) is 4. The summed E-state index contributed by atoms with van der Waals surface area (Å²) in [5.41, 5.74) is 2.54. The van der Waals surface area contributed by atoms with E-state index in [1.165, 1.54) is 17.5 Å². The predicted molar refractivity (Wildman–Crippen MR) is 92.0 cm³/mol. The fourth-order valence-corrected chi connectivity index (χ4v) is 5.99. The van der Waals surface area contributed by atoms with Crippen LogP contribution in [0.25, 0.3) is 0 Å². The van der Waals surface area contributed by atoms with Crippen molar-refractivity contribution in [1.82, 2.24) is 4.90 Å².